The van der Waals surface area contributed by atoms with Gasteiger partial charge in [0.25, 0.3) is 0 Å². The van der Waals surface area contributed by atoms with E-state index in [0.29, 0.717) is 6.42 Å². The van der Waals surface area contributed by atoms with E-state index in [1.54, 1.807) is 0 Å². The van der Waals surface area contributed by atoms with Gasteiger partial charge in [-0.1, -0.05) is 63.3 Å². The number of rotatable bonds is 12. The molecule has 0 atom stereocenters. The lowest BCUT2D eigenvalue weighted by atomic mass is 10.1. The number of hydrogen-bond acceptors (Lipinski definition) is 2. The van der Waals surface area contributed by atoms with Crippen molar-refractivity contribution in [3.8, 4) is 0 Å². The Bertz CT molecular complexity index is 254. The molecule has 0 heterocycles. The summed E-state index contributed by atoms with van der Waals surface area (Å²) >= 11 is 0. The molecule has 0 aromatic rings. The Balaban J connectivity index is 3.16. The van der Waals surface area contributed by atoms with Crippen molar-refractivity contribution in [1.82, 2.24) is 0 Å². The molecule has 0 rings (SSSR count). The smallest absolute Gasteiger partial charge is 0.305 e. The average Bonchev–Trinajstić information content (AvgIpc) is 2.43. The normalized spacial score (nSPS) is 11.5. The molecule has 0 aliphatic carbocycles. The topological polar surface area (TPSA) is 26.3 Å². The highest BCUT2D eigenvalue weighted by molar-refractivity contribution is 5.68. The van der Waals surface area contributed by atoms with Crippen molar-refractivity contribution in [2.24, 2.45) is 0 Å². The van der Waals surface area contributed by atoms with Crippen LogP contribution in [0.3, 0.4) is 0 Å². The second kappa shape index (κ2) is 15.0. The minimum atomic E-state index is -0.0822. The Hall–Kier alpha value is -1.05. The zero-order chi connectivity index (χ0) is 14.2. The molecule has 0 saturated carbocycles. The van der Waals surface area contributed by atoms with Crippen LogP contribution in [0.1, 0.15) is 71.1 Å². The molecule has 0 spiro atoms. The second-order valence-corrected chi connectivity index (χ2v) is 4.88. The third kappa shape index (κ3) is 14.9. The third-order valence-corrected chi connectivity index (χ3v) is 3.07. The van der Waals surface area contributed by atoms with Gasteiger partial charge in [0.15, 0.2) is 0 Å². The molecule has 0 aliphatic rings. The summed E-state index contributed by atoms with van der Waals surface area (Å²) in [6.45, 7) is 2.19. The van der Waals surface area contributed by atoms with Crippen LogP contribution < -0.4 is 0 Å². The molecule has 0 bridgehead atoms. The van der Waals surface area contributed by atoms with E-state index < -0.39 is 0 Å². The quantitative estimate of drug-likeness (QED) is 0.276. The molecule has 0 N–H and O–H groups in total. The summed E-state index contributed by atoms with van der Waals surface area (Å²) in [5.41, 5.74) is 0. The molecule has 110 valence electrons. The number of ether oxygens (including phenoxy) is 1. The first-order valence-corrected chi connectivity index (χ1v) is 7.69. The fourth-order valence-electron chi connectivity index (χ4n) is 1.86. The van der Waals surface area contributed by atoms with Gasteiger partial charge < -0.3 is 4.74 Å². The molecule has 0 radical (unpaired) electrons. The molecule has 19 heavy (non-hydrogen) atoms. The predicted octanol–water partition coefficient (Wildman–Crippen LogP) is 5.19. The average molecular weight is 266 g/mol. The van der Waals surface area contributed by atoms with Crippen LogP contribution in [0, 0.1) is 0 Å². The maximum Gasteiger partial charge on any atom is 0.305 e. The van der Waals surface area contributed by atoms with Crippen LogP contribution in [0.2, 0.25) is 0 Å². The minimum absolute atomic E-state index is 0.0822. The lowest BCUT2D eigenvalue weighted by Crippen LogP contribution is -1.99. The van der Waals surface area contributed by atoms with Gasteiger partial charge in [-0.2, -0.15) is 0 Å². The number of methoxy groups -OCH3 is 1. The number of carbonyl (C=O) groups is 1. The summed E-state index contributed by atoms with van der Waals surface area (Å²) in [6.07, 6.45) is 20.1. The zero-order valence-electron chi connectivity index (χ0n) is 12.7. The van der Waals surface area contributed by atoms with E-state index in [-0.39, 0.29) is 5.97 Å². The summed E-state index contributed by atoms with van der Waals surface area (Å²) in [5.74, 6) is -0.0822. The summed E-state index contributed by atoms with van der Waals surface area (Å²) < 4.78 is 4.61. The van der Waals surface area contributed by atoms with E-state index in [4.69, 9.17) is 0 Å². The van der Waals surface area contributed by atoms with Crippen molar-refractivity contribution >= 4 is 5.97 Å². The highest BCUT2D eigenvalue weighted by atomic mass is 16.5. The Morgan fingerprint density at radius 3 is 2.11 bits per heavy atom. The lowest BCUT2D eigenvalue weighted by Gasteiger charge is -2.00. The van der Waals surface area contributed by atoms with Crippen LogP contribution in [0.5, 0.6) is 0 Å². The molecule has 0 aliphatic heterocycles. The van der Waals surface area contributed by atoms with Crippen molar-refractivity contribution in [3.63, 3.8) is 0 Å². The molecule has 0 saturated heterocycles. The third-order valence-electron chi connectivity index (χ3n) is 3.07. The SMILES string of the molecule is CCC/C=C\C=C\CCCCCCCCC(=O)OC. The number of carbonyl (C=O) groups excluding carboxylic acids is 1. The summed E-state index contributed by atoms with van der Waals surface area (Å²) in [6, 6.07) is 0. The first-order chi connectivity index (χ1) is 9.31. The van der Waals surface area contributed by atoms with Crippen molar-refractivity contribution < 1.29 is 9.53 Å². The standard InChI is InChI=1S/C17H30O2/c1-3-4-5-6-7-8-9-10-11-12-13-14-15-16-17(18)19-2/h5-8H,3-4,9-16H2,1-2H3/b6-5-,8-7+. The van der Waals surface area contributed by atoms with Crippen molar-refractivity contribution in [1.29, 1.82) is 0 Å². The van der Waals surface area contributed by atoms with Gasteiger partial charge in [-0.25, -0.2) is 0 Å². The first-order valence-electron chi connectivity index (χ1n) is 7.69. The number of hydrogen-bond donors (Lipinski definition) is 0. The van der Waals surface area contributed by atoms with Gasteiger partial charge in [0.2, 0.25) is 0 Å². The molecule has 2 heteroatoms. The predicted molar refractivity (Wildman–Crippen MR) is 82.1 cm³/mol. The van der Waals surface area contributed by atoms with E-state index in [9.17, 15) is 4.79 Å². The fourth-order valence-corrected chi connectivity index (χ4v) is 1.86. The van der Waals surface area contributed by atoms with Gasteiger partial charge in [-0.05, 0) is 25.7 Å². The van der Waals surface area contributed by atoms with E-state index >= 15 is 0 Å². The van der Waals surface area contributed by atoms with Gasteiger partial charge in [0.05, 0.1) is 7.11 Å². The zero-order valence-corrected chi connectivity index (χ0v) is 12.7. The molecule has 0 aromatic carbocycles. The van der Waals surface area contributed by atoms with Crippen molar-refractivity contribution in [2.75, 3.05) is 7.11 Å². The van der Waals surface area contributed by atoms with Gasteiger partial charge >= 0.3 is 5.97 Å². The number of unbranched alkanes of at least 4 members (excludes halogenated alkanes) is 7. The van der Waals surface area contributed by atoms with Gasteiger partial charge in [-0.15, -0.1) is 0 Å². The maximum absolute atomic E-state index is 10.9. The van der Waals surface area contributed by atoms with E-state index in [2.05, 4.69) is 36.0 Å². The molecule has 0 amide bonds. The monoisotopic (exact) mass is 266 g/mol. The van der Waals surface area contributed by atoms with Crippen LogP contribution in [-0.4, -0.2) is 13.1 Å². The highest BCUT2D eigenvalue weighted by Gasteiger charge is 1.98. The number of esters is 1. The van der Waals surface area contributed by atoms with Gasteiger partial charge in [0, 0.05) is 6.42 Å². The Morgan fingerprint density at radius 1 is 0.895 bits per heavy atom. The van der Waals surface area contributed by atoms with Crippen LogP contribution >= 0.6 is 0 Å². The van der Waals surface area contributed by atoms with Crippen molar-refractivity contribution in [2.45, 2.75) is 71.1 Å². The first kappa shape index (κ1) is 17.9. The van der Waals surface area contributed by atoms with Crippen LogP contribution in [0.4, 0.5) is 0 Å². The van der Waals surface area contributed by atoms with E-state index in [0.717, 1.165) is 12.8 Å². The Kier molecular flexibility index (Phi) is 14.2. The molecule has 0 fully saturated rings. The summed E-state index contributed by atoms with van der Waals surface area (Å²) in [5, 5.41) is 0. The molecule has 0 aromatic heterocycles. The molecular weight excluding hydrogens is 236 g/mol. The number of allylic oxidation sites excluding steroid dienone is 4. The Morgan fingerprint density at radius 2 is 1.47 bits per heavy atom. The van der Waals surface area contributed by atoms with Gasteiger partial charge in [-0.3, -0.25) is 4.79 Å². The highest BCUT2D eigenvalue weighted by Crippen LogP contribution is 2.09. The summed E-state index contributed by atoms with van der Waals surface area (Å²) in [4.78, 5) is 10.9. The lowest BCUT2D eigenvalue weighted by molar-refractivity contribution is -0.140. The largest absolute Gasteiger partial charge is 0.469 e. The molecule has 0 unspecified atom stereocenters. The maximum atomic E-state index is 10.9. The Labute approximate surface area is 118 Å². The van der Waals surface area contributed by atoms with Crippen molar-refractivity contribution in [3.05, 3.63) is 24.3 Å². The minimum Gasteiger partial charge on any atom is -0.469 e. The summed E-state index contributed by atoms with van der Waals surface area (Å²) in [7, 11) is 1.45. The van der Waals surface area contributed by atoms with Crippen LogP contribution in [0.25, 0.3) is 0 Å². The van der Waals surface area contributed by atoms with E-state index in [1.165, 1.54) is 52.1 Å². The fraction of sp³-hybridized carbons (Fsp3) is 0.706. The molecular formula is C17H30O2. The molecule has 2 nitrogen and oxygen atoms in total. The van der Waals surface area contributed by atoms with E-state index in [1.807, 2.05) is 0 Å². The second-order valence-electron chi connectivity index (χ2n) is 4.88. The van der Waals surface area contributed by atoms with Gasteiger partial charge in [0.1, 0.15) is 0 Å². The van der Waals surface area contributed by atoms with Crippen LogP contribution in [-0.2, 0) is 9.53 Å². The van der Waals surface area contributed by atoms with Crippen LogP contribution in [0.15, 0.2) is 24.3 Å².